The van der Waals surface area contributed by atoms with Gasteiger partial charge >= 0.3 is 0 Å². The van der Waals surface area contributed by atoms with Gasteiger partial charge < -0.3 is 15.4 Å². The van der Waals surface area contributed by atoms with Crippen LogP contribution in [0.15, 0.2) is 21.1 Å². The molecule has 0 fully saturated rings. The fraction of sp³-hybridized carbons (Fsp3) is 0.500. The Labute approximate surface area is 136 Å². The fourth-order valence-corrected chi connectivity index (χ4v) is 3.15. The maximum absolute atomic E-state index is 11.5. The first-order valence-electron chi connectivity index (χ1n) is 6.66. The number of rotatable bonds is 8. The summed E-state index contributed by atoms with van der Waals surface area (Å²) in [6.45, 7) is 6.27. The van der Waals surface area contributed by atoms with Crippen molar-refractivity contribution in [2.45, 2.75) is 26.8 Å². The van der Waals surface area contributed by atoms with Gasteiger partial charge in [0.05, 0.1) is 22.1 Å². The van der Waals surface area contributed by atoms with Crippen molar-refractivity contribution in [1.82, 2.24) is 10.6 Å². The third-order valence-corrected chi connectivity index (χ3v) is 3.71. The molecule has 0 aliphatic rings. The highest BCUT2D eigenvalue weighted by molar-refractivity contribution is 9.11. The first-order valence-corrected chi connectivity index (χ1v) is 8.25. The second kappa shape index (κ2) is 9.37. The highest BCUT2D eigenvalue weighted by Crippen LogP contribution is 2.34. The standard InChI is InChI=1S/C14H20Br2N2O2/c1-3-5-18-13(19)9-17-8-10-6-11(15)14(20-4-2)12(16)7-10/h6-7,17H,3-5,8-9H2,1-2H3,(H,18,19). The largest absolute Gasteiger partial charge is 0.492 e. The van der Waals surface area contributed by atoms with Crippen molar-refractivity contribution in [1.29, 1.82) is 0 Å². The zero-order valence-electron chi connectivity index (χ0n) is 11.8. The molecule has 0 saturated heterocycles. The molecule has 0 aliphatic carbocycles. The van der Waals surface area contributed by atoms with E-state index in [9.17, 15) is 4.79 Å². The van der Waals surface area contributed by atoms with Crippen molar-refractivity contribution < 1.29 is 9.53 Å². The average Bonchev–Trinajstić information content (AvgIpc) is 2.40. The summed E-state index contributed by atoms with van der Waals surface area (Å²) in [5.74, 6) is 0.827. The summed E-state index contributed by atoms with van der Waals surface area (Å²) in [4.78, 5) is 11.5. The molecular formula is C14H20Br2N2O2. The van der Waals surface area contributed by atoms with E-state index in [1.54, 1.807) is 0 Å². The zero-order chi connectivity index (χ0) is 15.0. The summed E-state index contributed by atoms with van der Waals surface area (Å²) < 4.78 is 7.34. The van der Waals surface area contributed by atoms with Crippen molar-refractivity contribution in [3.8, 4) is 5.75 Å². The first kappa shape index (κ1) is 17.5. The Balaban J connectivity index is 2.51. The Kier molecular flexibility index (Phi) is 8.18. The minimum absolute atomic E-state index is 0.0240. The monoisotopic (exact) mass is 406 g/mol. The van der Waals surface area contributed by atoms with E-state index in [0.717, 1.165) is 33.2 Å². The summed E-state index contributed by atoms with van der Waals surface area (Å²) in [6, 6.07) is 3.99. The Morgan fingerprint density at radius 2 is 1.90 bits per heavy atom. The number of halogens is 2. The number of nitrogens with one attached hydrogen (secondary N) is 2. The molecule has 1 aromatic carbocycles. The van der Waals surface area contributed by atoms with E-state index in [2.05, 4.69) is 42.5 Å². The molecule has 4 nitrogen and oxygen atoms in total. The lowest BCUT2D eigenvalue weighted by atomic mass is 10.2. The van der Waals surface area contributed by atoms with Gasteiger partial charge in [0.1, 0.15) is 5.75 Å². The van der Waals surface area contributed by atoms with Crippen LogP contribution in [0.3, 0.4) is 0 Å². The quantitative estimate of drug-likeness (QED) is 0.695. The number of hydrogen-bond donors (Lipinski definition) is 2. The smallest absolute Gasteiger partial charge is 0.233 e. The van der Waals surface area contributed by atoms with Gasteiger partial charge in [-0.2, -0.15) is 0 Å². The third-order valence-electron chi connectivity index (χ3n) is 2.53. The van der Waals surface area contributed by atoms with E-state index in [4.69, 9.17) is 4.74 Å². The summed E-state index contributed by atoms with van der Waals surface area (Å²) in [6.07, 6.45) is 0.949. The maximum Gasteiger partial charge on any atom is 0.233 e. The van der Waals surface area contributed by atoms with E-state index in [0.29, 0.717) is 19.7 Å². The molecule has 0 aliphatic heterocycles. The first-order chi connectivity index (χ1) is 9.58. The Morgan fingerprint density at radius 1 is 1.25 bits per heavy atom. The lowest BCUT2D eigenvalue weighted by Crippen LogP contribution is -2.33. The van der Waals surface area contributed by atoms with Gasteiger partial charge in [-0.3, -0.25) is 4.79 Å². The highest BCUT2D eigenvalue weighted by atomic mass is 79.9. The molecule has 1 amide bonds. The van der Waals surface area contributed by atoms with Crippen LogP contribution in [0.2, 0.25) is 0 Å². The number of carbonyl (C=O) groups is 1. The zero-order valence-corrected chi connectivity index (χ0v) is 14.9. The molecule has 6 heteroatoms. The van der Waals surface area contributed by atoms with Crippen molar-refractivity contribution in [2.24, 2.45) is 0 Å². The molecule has 112 valence electrons. The van der Waals surface area contributed by atoms with Crippen LogP contribution in [0.5, 0.6) is 5.75 Å². The topological polar surface area (TPSA) is 50.4 Å². The molecule has 20 heavy (non-hydrogen) atoms. The van der Waals surface area contributed by atoms with Gasteiger partial charge in [-0.15, -0.1) is 0 Å². The Morgan fingerprint density at radius 3 is 2.45 bits per heavy atom. The van der Waals surface area contributed by atoms with E-state index in [1.165, 1.54) is 0 Å². The predicted molar refractivity (Wildman–Crippen MR) is 88.0 cm³/mol. The van der Waals surface area contributed by atoms with Crippen LogP contribution in [0.1, 0.15) is 25.8 Å². The SMILES string of the molecule is CCCNC(=O)CNCc1cc(Br)c(OCC)c(Br)c1. The van der Waals surface area contributed by atoms with Crippen molar-refractivity contribution in [3.05, 3.63) is 26.6 Å². The van der Waals surface area contributed by atoms with Crippen LogP contribution in [-0.4, -0.2) is 25.6 Å². The predicted octanol–water partition coefficient (Wildman–Crippen LogP) is 3.23. The van der Waals surface area contributed by atoms with E-state index in [1.807, 2.05) is 26.0 Å². The van der Waals surface area contributed by atoms with Crippen LogP contribution < -0.4 is 15.4 Å². The summed E-state index contributed by atoms with van der Waals surface area (Å²) in [5, 5.41) is 5.95. The van der Waals surface area contributed by atoms with Crippen LogP contribution in [-0.2, 0) is 11.3 Å². The average molecular weight is 408 g/mol. The van der Waals surface area contributed by atoms with Crippen LogP contribution in [0, 0.1) is 0 Å². The van der Waals surface area contributed by atoms with Crippen molar-refractivity contribution in [3.63, 3.8) is 0 Å². The van der Waals surface area contributed by atoms with Gasteiger partial charge in [0, 0.05) is 13.1 Å². The molecule has 0 unspecified atom stereocenters. The van der Waals surface area contributed by atoms with E-state index < -0.39 is 0 Å². The molecule has 0 atom stereocenters. The van der Waals surface area contributed by atoms with Gasteiger partial charge in [0.2, 0.25) is 5.91 Å². The molecule has 0 spiro atoms. The number of carbonyl (C=O) groups excluding carboxylic acids is 1. The fourth-order valence-electron chi connectivity index (χ4n) is 1.64. The van der Waals surface area contributed by atoms with E-state index in [-0.39, 0.29) is 5.91 Å². The molecule has 0 saturated carbocycles. The van der Waals surface area contributed by atoms with Crippen LogP contribution in [0.25, 0.3) is 0 Å². The molecule has 1 aromatic rings. The minimum Gasteiger partial charge on any atom is -0.492 e. The number of benzene rings is 1. The summed E-state index contributed by atoms with van der Waals surface area (Å²) in [5.41, 5.74) is 1.08. The minimum atomic E-state index is 0.0240. The lowest BCUT2D eigenvalue weighted by molar-refractivity contribution is -0.120. The van der Waals surface area contributed by atoms with Crippen molar-refractivity contribution in [2.75, 3.05) is 19.7 Å². The summed E-state index contributed by atoms with van der Waals surface area (Å²) >= 11 is 6.98. The van der Waals surface area contributed by atoms with Crippen LogP contribution >= 0.6 is 31.9 Å². The van der Waals surface area contributed by atoms with Gasteiger partial charge in [-0.1, -0.05) is 6.92 Å². The molecule has 0 heterocycles. The van der Waals surface area contributed by atoms with Gasteiger partial charge in [-0.25, -0.2) is 0 Å². The van der Waals surface area contributed by atoms with Crippen molar-refractivity contribution >= 4 is 37.8 Å². The number of amides is 1. The second-order valence-corrected chi connectivity index (χ2v) is 5.98. The van der Waals surface area contributed by atoms with Gasteiger partial charge in [0.15, 0.2) is 0 Å². The Bertz CT molecular complexity index is 430. The number of ether oxygens (including phenoxy) is 1. The van der Waals surface area contributed by atoms with Crippen LogP contribution in [0.4, 0.5) is 0 Å². The molecule has 2 N–H and O–H groups in total. The number of hydrogen-bond acceptors (Lipinski definition) is 3. The van der Waals surface area contributed by atoms with Gasteiger partial charge in [0.25, 0.3) is 0 Å². The molecular weight excluding hydrogens is 388 g/mol. The molecule has 0 radical (unpaired) electrons. The highest BCUT2D eigenvalue weighted by Gasteiger charge is 2.08. The molecule has 0 aromatic heterocycles. The molecule has 1 rings (SSSR count). The molecule has 0 bridgehead atoms. The Hall–Kier alpha value is -0.590. The maximum atomic E-state index is 11.5. The second-order valence-electron chi connectivity index (χ2n) is 4.28. The van der Waals surface area contributed by atoms with E-state index >= 15 is 0 Å². The normalized spacial score (nSPS) is 10.4. The van der Waals surface area contributed by atoms with Gasteiger partial charge in [-0.05, 0) is 62.9 Å². The summed E-state index contributed by atoms with van der Waals surface area (Å²) in [7, 11) is 0. The third kappa shape index (κ3) is 5.81. The lowest BCUT2D eigenvalue weighted by Gasteiger charge is -2.11.